The number of aryl methyl sites for hydroxylation is 1. The van der Waals surface area contributed by atoms with Crippen molar-refractivity contribution in [3.8, 4) is 0 Å². The van der Waals surface area contributed by atoms with Crippen LogP contribution in [0, 0.1) is 6.92 Å². The Hall–Kier alpha value is -2.44. The molecule has 2 heterocycles. The summed E-state index contributed by atoms with van der Waals surface area (Å²) < 4.78 is 0.950. The molecule has 156 valence electrons. The van der Waals surface area contributed by atoms with Crippen LogP contribution in [0.1, 0.15) is 18.1 Å². The zero-order chi connectivity index (χ0) is 21.1. The van der Waals surface area contributed by atoms with Crippen LogP contribution in [0.25, 0.3) is 10.9 Å². The van der Waals surface area contributed by atoms with Crippen LogP contribution in [-0.2, 0) is 11.2 Å². The second kappa shape index (κ2) is 9.14. The van der Waals surface area contributed by atoms with Gasteiger partial charge in [-0.05, 0) is 54.9 Å². The number of carbonyl (C=O) groups excluding carboxylic acids is 1. The fraction of sp³-hybridized carbons (Fsp3) is 0.333. The number of nitrogens with zero attached hydrogens (tertiary/aromatic N) is 3. The number of carbonyl (C=O) groups is 1. The minimum Gasteiger partial charge on any atom is -0.354 e. The van der Waals surface area contributed by atoms with Crippen molar-refractivity contribution in [3.05, 3.63) is 64.1 Å². The van der Waals surface area contributed by atoms with Gasteiger partial charge >= 0.3 is 0 Å². The number of rotatable bonds is 5. The first-order valence-corrected chi connectivity index (χ1v) is 11.2. The van der Waals surface area contributed by atoms with Crippen molar-refractivity contribution in [1.82, 2.24) is 9.88 Å². The number of hydrogen-bond donors (Lipinski definition) is 1. The number of likely N-dealkylation sites (N-methyl/N-ethyl adjacent to an activating group) is 1. The summed E-state index contributed by atoms with van der Waals surface area (Å²) in [5.74, 6) is 1.01. The Labute approximate surface area is 186 Å². The largest absolute Gasteiger partial charge is 0.354 e. The third-order valence-corrected chi connectivity index (χ3v) is 6.51. The van der Waals surface area contributed by atoms with Crippen molar-refractivity contribution in [2.24, 2.45) is 0 Å². The first-order chi connectivity index (χ1) is 14.5. The van der Waals surface area contributed by atoms with Crippen LogP contribution in [0.2, 0.25) is 0 Å². The highest BCUT2D eigenvalue weighted by Gasteiger charge is 2.18. The van der Waals surface area contributed by atoms with Gasteiger partial charge in [0.1, 0.15) is 5.82 Å². The van der Waals surface area contributed by atoms with E-state index in [1.807, 2.05) is 42.5 Å². The SMILES string of the molecule is CCN1CCN(c2cc(C)c3cc(NC(=O)Cc4ccccc4Br)ccc3n2)CC1. The van der Waals surface area contributed by atoms with E-state index in [2.05, 4.69) is 51.0 Å². The fourth-order valence-electron chi connectivity index (χ4n) is 3.93. The Morgan fingerprint density at radius 2 is 1.87 bits per heavy atom. The molecule has 30 heavy (non-hydrogen) atoms. The predicted molar refractivity (Wildman–Crippen MR) is 127 cm³/mol. The minimum absolute atomic E-state index is 0.0303. The molecule has 0 spiro atoms. The van der Waals surface area contributed by atoms with Gasteiger partial charge < -0.3 is 15.1 Å². The molecule has 1 saturated heterocycles. The molecule has 5 nitrogen and oxygen atoms in total. The van der Waals surface area contributed by atoms with Crippen LogP contribution in [0.15, 0.2) is 53.0 Å². The summed E-state index contributed by atoms with van der Waals surface area (Å²) in [5, 5.41) is 4.10. The smallest absolute Gasteiger partial charge is 0.228 e. The maximum atomic E-state index is 12.5. The standard InChI is InChI=1S/C24H27BrN4O/c1-3-28-10-12-29(13-11-28)23-14-17(2)20-16-19(8-9-22(20)27-23)26-24(30)15-18-6-4-5-7-21(18)25/h4-9,14,16H,3,10-13,15H2,1-2H3,(H,26,30). The molecule has 1 aliphatic heterocycles. The summed E-state index contributed by atoms with van der Waals surface area (Å²) in [6, 6.07) is 15.9. The van der Waals surface area contributed by atoms with Gasteiger partial charge in [0, 0.05) is 41.7 Å². The number of benzene rings is 2. The van der Waals surface area contributed by atoms with Crippen LogP contribution in [-0.4, -0.2) is 48.5 Å². The Bertz CT molecular complexity index is 1060. The molecule has 1 amide bonds. The number of halogens is 1. The second-order valence-electron chi connectivity index (χ2n) is 7.77. The maximum absolute atomic E-state index is 12.5. The molecule has 4 rings (SSSR count). The Balaban J connectivity index is 1.50. The number of amides is 1. The van der Waals surface area contributed by atoms with Gasteiger partial charge in [-0.2, -0.15) is 0 Å². The maximum Gasteiger partial charge on any atom is 0.228 e. The van der Waals surface area contributed by atoms with Gasteiger partial charge in [-0.1, -0.05) is 41.1 Å². The van der Waals surface area contributed by atoms with E-state index in [9.17, 15) is 4.79 Å². The molecule has 0 bridgehead atoms. The van der Waals surface area contributed by atoms with Crippen molar-refractivity contribution in [2.45, 2.75) is 20.3 Å². The second-order valence-corrected chi connectivity index (χ2v) is 8.62. The van der Waals surface area contributed by atoms with Crippen LogP contribution >= 0.6 is 15.9 Å². The number of pyridine rings is 1. The van der Waals surface area contributed by atoms with Gasteiger partial charge in [-0.25, -0.2) is 4.98 Å². The van der Waals surface area contributed by atoms with Gasteiger partial charge in [0.25, 0.3) is 0 Å². The quantitative estimate of drug-likeness (QED) is 0.595. The van der Waals surface area contributed by atoms with Crippen LogP contribution in [0.5, 0.6) is 0 Å². The van der Waals surface area contributed by atoms with Gasteiger partial charge in [0.15, 0.2) is 0 Å². The average Bonchev–Trinajstić information content (AvgIpc) is 2.76. The first kappa shape index (κ1) is 20.8. The Morgan fingerprint density at radius 1 is 1.10 bits per heavy atom. The van der Waals surface area contributed by atoms with Crippen LogP contribution in [0.4, 0.5) is 11.5 Å². The Morgan fingerprint density at radius 3 is 2.60 bits per heavy atom. The third-order valence-electron chi connectivity index (χ3n) is 5.74. The van der Waals surface area contributed by atoms with Crippen molar-refractivity contribution < 1.29 is 4.79 Å². The fourth-order valence-corrected chi connectivity index (χ4v) is 4.35. The molecule has 0 aliphatic carbocycles. The molecule has 6 heteroatoms. The van der Waals surface area contributed by atoms with Crippen molar-refractivity contribution >= 4 is 44.2 Å². The van der Waals surface area contributed by atoms with Gasteiger partial charge in [-0.3, -0.25) is 4.79 Å². The zero-order valence-electron chi connectivity index (χ0n) is 17.5. The van der Waals surface area contributed by atoms with Gasteiger partial charge in [-0.15, -0.1) is 0 Å². The summed E-state index contributed by atoms with van der Waals surface area (Å²) in [5.41, 5.74) is 3.91. The van der Waals surface area contributed by atoms with Gasteiger partial charge in [0.2, 0.25) is 5.91 Å². The molecule has 1 aromatic heterocycles. The minimum atomic E-state index is -0.0303. The van der Waals surface area contributed by atoms with E-state index < -0.39 is 0 Å². The molecule has 0 atom stereocenters. The molecular weight excluding hydrogens is 440 g/mol. The Kier molecular flexibility index (Phi) is 6.35. The third kappa shape index (κ3) is 4.65. The summed E-state index contributed by atoms with van der Waals surface area (Å²) in [6.45, 7) is 9.61. The molecule has 1 aliphatic rings. The summed E-state index contributed by atoms with van der Waals surface area (Å²) in [6.07, 6.45) is 0.333. The number of fused-ring (bicyclic) bond motifs is 1. The topological polar surface area (TPSA) is 48.5 Å². The van der Waals surface area contributed by atoms with E-state index in [0.29, 0.717) is 6.42 Å². The molecule has 3 aromatic rings. The summed E-state index contributed by atoms with van der Waals surface area (Å²) in [7, 11) is 0. The van der Waals surface area contributed by atoms with E-state index in [0.717, 1.165) is 65.2 Å². The summed E-state index contributed by atoms with van der Waals surface area (Å²) >= 11 is 3.50. The lowest BCUT2D eigenvalue weighted by Crippen LogP contribution is -2.46. The number of hydrogen-bond acceptors (Lipinski definition) is 4. The average molecular weight is 467 g/mol. The predicted octanol–water partition coefficient (Wildman–Crippen LogP) is 4.63. The molecular formula is C24H27BrN4O. The molecule has 0 radical (unpaired) electrons. The number of piperazine rings is 1. The van der Waals surface area contributed by atoms with E-state index in [1.54, 1.807) is 0 Å². The van der Waals surface area contributed by atoms with Crippen LogP contribution < -0.4 is 10.2 Å². The highest BCUT2D eigenvalue weighted by atomic mass is 79.9. The van der Waals surface area contributed by atoms with Crippen molar-refractivity contribution in [3.63, 3.8) is 0 Å². The lowest BCUT2D eigenvalue weighted by atomic mass is 10.1. The van der Waals surface area contributed by atoms with Crippen LogP contribution in [0.3, 0.4) is 0 Å². The molecule has 1 fully saturated rings. The number of nitrogens with one attached hydrogen (secondary N) is 1. The zero-order valence-corrected chi connectivity index (χ0v) is 19.1. The first-order valence-electron chi connectivity index (χ1n) is 10.5. The molecule has 2 aromatic carbocycles. The van der Waals surface area contributed by atoms with E-state index in [-0.39, 0.29) is 5.91 Å². The molecule has 1 N–H and O–H groups in total. The number of aromatic nitrogens is 1. The van der Waals surface area contributed by atoms with E-state index in [4.69, 9.17) is 4.98 Å². The normalized spacial score (nSPS) is 14.8. The van der Waals surface area contributed by atoms with E-state index in [1.165, 1.54) is 5.56 Å². The molecule has 0 unspecified atom stereocenters. The molecule has 0 saturated carbocycles. The van der Waals surface area contributed by atoms with Crippen molar-refractivity contribution in [2.75, 3.05) is 42.9 Å². The lowest BCUT2D eigenvalue weighted by Gasteiger charge is -2.35. The highest BCUT2D eigenvalue weighted by Crippen LogP contribution is 2.26. The van der Waals surface area contributed by atoms with Crippen molar-refractivity contribution in [1.29, 1.82) is 0 Å². The monoisotopic (exact) mass is 466 g/mol. The highest BCUT2D eigenvalue weighted by molar-refractivity contribution is 9.10. The van der Waals surface area contributed by atoms with E-state index >= 15 is 0 Å². The summed E-state index contributed by atoms with van der Waals surface area (Å²) in [4.78, 5) is 22.2. The lowest BCUT2D eigenvalue weighted by molar-refractivity contribution is -0.115. The number of anilines is 2. The van der Waals surface area contributed by atoms with Gasteiger partial charge in [0.05, 0.1) is 11.9 Å².